The lowest BCUT2D eigenvalue weighted by Crippen LogP contribution is -2.18. The number of halogens is 1. The van der Waals surface area contributed by atoms with Crippen LogP contribution in [0.15, 0.2) is 16.6 Å². The van der Waals surface area contributed by atoms with E-state index in [0.29, 0.717) is 4.47 Å². The van der Waals surface area contributed by atoms with Crippen molar-refractivity contribution in [2.45, 2.75) is 0 Å². The molecule has 1 aromatic rings. The molecule has 0 atom stereocenters. The molecule has 6 nitrogen and oxygen atoms in total. The molecule has 0 saturated carbocycles. The number of benzene rings is 1. The zero-order valence-electron chi connectivity index (χ0n) is 7.65. The summed E-state index contributed by atoms with van der Waals surface area (Å²) in [5.41, 5.74) is -0.651. The fourth-order valence-electron chi connectivity index (χ4n) is 1.03. The highest BCUT2D eigenvalue weighted by molar-refractivity contribution is 9.10. The van der Waals surface area contributed by atoms with E-state index in [4.69, 9.17) is 0 Å². The maximum atomic E-state index is 11.2. The van der Waals surface area contributed by atoms with Gasteiger partial charge in [-0.1, -0.05) is 15.9 Å². The number of nitro benzene ring substituents is 1. The number of phenols is 1. The van der Waals surface area contributed by atoms with Crippen molar-refractivity contribution in [2.75, 3.05) is 7.05 Å². The number of carbonyl (C=O) groups excluding carboxylic acids is 1. The van der Waals surface area contributed by atoms with Crippen LogP contribution in [0.25, 0.3) is 0 Å². The highest BCUT2D eigenvalue weighted by Crippen LogP contribution is 2.33. The summed E-state index contributed by atoms with van der Waals surface area (Å²) in [6.07, 6.45) is 0. The quantitative estimate of drug-likeness (QED) is 0.630. The van der Waals surface area contributed by atoms with Crippen molar-refractivity contribution in [3.8, 4) is 5.75 Å². The lowest BCUT2D eigenvalue weighted by molar-refractivity contribution is -0.386. The average molecular weight is 275 g/mol. The van der Waals surface area contributed by atoms with Crippen molar-refractivity contribution in [3.63, 3.8) is 0 Å². The SMILES string of the molecule is CNC(=O)c1cc(Br)cc([N+](=O)[O-])c1O. The van der Waals surface area contributed by atoms with E-state index in [1.807, 2.05) is 0 Å². The molecule has 15 heavy (non-hydrogen) atoms. The Bertz CT molecular complexity index is 433. The van der Waals surface area contributed by atoms with Crippen molar-refractivity contribution in [3.05, 3.63) is 32.3 Å². The number of hydrogen-bond donors (Lipinski definition) is 2. The van der Waals surface area contributed by atoms with Gasteiger partial charge in [0.25, 0.3) is 5.91 Å². The number of rotatable bonds is 2. The Hall–Kier alpha value is -1.63. The second-order valence-electron chi connectivity index (χ2n) is 2.66. The Balaban J connectivity index is 3.41. The van der Waals surface area contributed by atoms with Crippen LogP contribution in [0.4, 0.5) is 5.69 Å². The van der Waals surface area contributed by atoms with Crippen LogP contribution >= 0.6 is 15.9 Å². The van der Waals surface area contributed by atoms with Crippen LogP contribution in [0.1, 0.15) is 10.4 Å². The molecule has 0 aromatic heterocycles. The number of aromatic hydroxyl groups is 1. The first kappa shape index (κ1) is 11.4. The molecule has 0 aliphatic rings. The summed E-state index contributed by atoms with van der Waals surface area (Å²) in [6.45, 7) is 0. The zero-order valence-corrected chi connectivity index (χ0v) is 9.24. The molecule has 80 valence electrons. The van der Waals surface area contributed by atoms with Gasteiger partial charge in [-0.15, -0.1) is 0 Å². The topological polar surface area (TPSA) is 92.5 Å². The molecule has 7 heteroatoms. The molecule has 1 amide bonds. The fraction of sp³-hybridized carbons (Fsp3) is 0.125. The Morgan fingerprint density at radius 3 is 2.67 bits per heavy atom. The summed E-state index contributed by atoms with van der Waals surface area (Å²) in [4.78, 5) is 21.0. The average Bonchev–Trinajstić information content (AvgIpc) is 2.19. The number of nitro groups is 1. The Kier molecular flexibility index (Phi) is 3.25. The van der Waals surface area contributed by atoms with Crippen LogP contribution in [-0.4, -0.2) is 23.0 Å². The smallest absolute Gasteiger partial charge is 0.312 e. The molecule has 0 bridgehead atoms. The summed E-state index contributed by atoms with van der Waals surface area (Å²) in [6, 6.07) is 2.43. The van der Waals surface area contributed by atoms with Gasteiger partial charge in [0.2, 0.25) is 5.75 Å². The first-order valence-corrected chi connectivity index (χ1v) is 4.65. The predicted molar refractivity (Wildman–Crippen MR) is 55.9 cm³/mol. The third-order valence-electron chi connectivity index (χ3n) is 1.72. The van der Waals surface area contributed by atoms with Crippen molar-refractivity contribution >= 4 is 27.5 Å². The molecule has 0 aliphatic heterocycles. The lowest BCUT2D eigenvalue weighted by atomic mass is 10.1. The van der Waals surface area contributed by atoms with E-state index < -0.39 is 22.3 Å². The number of phenolic OH excluding ortho intramolecular Hbond substituents is 1. The molecule has 0 unspecified atom stereocenters. The van der Waals surface area contributed by atoms with Crippen LogP contribution in [0.3, 0.4) is 0 Å². The van der Waals surface area contributed by atoms with Gasteiger partial charge in [-0.05, 0) is 6.07 Å². The van der Waals surface area contributed by atoms with Gasteiger partial charge in [0.15, 0.2) is 0 Å². The van der Waals surface area contributed by atoms with Gasteiger partial charge in [0, 0.05) is 17.6 Å². The van der Waals surface area contributed by atoms with Crippen LogP contribution in [0.2, 0.25) is 0 Å². The van der Waals surface area contributed by atoms with E-state index in [1.54, 1.807) is 0 Å². The van der Waals surface area contributed by atoms with Crippen molar-refractivity contribution < 1.29 is 14.8 Å². The monoisotopic (exact) mass is 274 g/mol. The van der Waals surface area contributed by atoms with Gasteiger partial charge in [0.05, 0.1) is 10.5 Å². The van der Waals surface area contributed by atoms with E-state index in [2.05, 4.69) is 21.2 Å². The summed E-state index contributed by atoms with van der Waals surface area (Å²) in [5.74, 6) is -1.22. The molecule has 0 aliphatic carbocycles. The van der Waals surface area contributed by atoms with Gasteiger partial charge >= 0.3 is 5.69 Å². The maximum absolute atomic E-state index is 11.2. The number of nitrogens with zero attached hydrogens (tertiary/aromatic N) is 1. The van der Waals surface area contributed by atoms with E-state index in [-0.39, 0.29) is 5.56 Å². The van der Waals surface area contributed by atoms with E-state index in [0.717, 1.165) is 6.07 Å². The van der Waals surface area contributed by atoms with E-state index in [9.17, 15) is 20.0 Å². The first-order valence-electron chi connectivity index (χ1n) is 3.86. The fourth-order valence-corrected chi connectivity index (χ4v) is 1.48. The molecular formula is C8H7BrN2O4. The van der Waals surface area contributed by atoms with Gasteiger partial charge < -0.3 is 10.4 Å². The number of carbonyl (C=O) groups is 1. The van der Waals surface area contributed by atoms with Gasteiger partial charge in [-0.2, -0.15) is 0 Å². The van der Waals surface area contributed by atoms with Crippen molar-refractivity contribution in [2.24, 2.45) is 0 Å². The van der Waals surface area contributed by atoms with Gasteiger partial charge in [0.1, 0.15) is 0 Å². The molecule has 0 spiro atoms. The minimum atomic E-state index is -0.757. The molecular weight excluding hydrogens is 268 g/mol. The minimum Gasteiger partial charge on any atom is -0.502 e. The van der Waals surface area contributed by atoms with Crippen LogP contribution in [0.5, 0.6) is 5.75 Å². The zero-order chi connectivity index (χ0) is 11.6. The number of amides is 1. The third-order valence-corrected chi connectivity index (χ3v) is 2.18. The summed E-state index contributed by atoms with van der Waals surface area (Å²) in [7, 11) is 1.37. The number of nitrogens with one attached hydrogen (secondary N) is 1. The van der Waals surface area contributed by atoms with Gasteiger partial charge in [-0.25, -0.2) is 0 Å². The van der Waals surface area contributed by atoms with Crippen molar-refractivity contribution in [1.29, 1.82) is 0 Å². The molecule has 0 fully saturated rings. The maximum Gasteiger partial charge on any atom is 0.312 e. The molecule has 0 heterocycles. The normalized spacial score (nSPS) is 9.73. The second-order valence-corrected chi connectivity index (χ2v) is 3.57. The second kappa shape index (κ2) is 4.26. The molecule has 0 radical (unpaired) electrons. The molecule has 1 aromatic carbocycles. The standard InChI is InChI=1S/C8H7BrN2O4/c1-10-8(13)5-2-4(9)3-6(7(5)12)11(14)15/h2-3,12H,1H3,(H,10,13). The molecule has 2 N–H and O–H groups in total. The van der Waals surface area contributed by atoms with Crippen LogP contribution in [-0.2, 0) is 0 Å². The third kappa shape index (κ3) is 2.24. The Morgan fingerprint density at radius 1 is 1.60 bits per heavy atom. The first-order chi connectivity index (χ1) is 6.97. The summed E-state index contributed by atoms with van der Waals surface area (Å²) in [5, 5.41) is 22.3. The highest BCUT2D eigenvalue weighted by atomic mass is 79.9. The number of hydrogen-bond acceptors (Lipinski definition) is 4. The largest absolute Gasteiger partial charge is 0.502 e. The van der Waals surface area contributed by atoms with Gasteiger partial charge in [-0.3, -0.25) is 14.9 Å². The van der Waals surface area contributed by atoms with Crippen molar-refractivity contribution in [1.82, 2.24) is 5.32 Å². The molecule has 1 rings (SSSR count). The lowest BCUT2D eigenvalue weighted by Gasteiger charge is -2.04. The molecule has 0 saturated heterocycles. The highest BCUT2D eigenvalue weighted by Gasteiger charge is 2.21. The Morgan fingerprint density at radius 2 is 2.20 bits per heavy atom. The van der Waals surface area contributed by atoms with E-state index >= 15 is 0 Å². The summed E-state index contributed by atoms with van der Waals surface area (Å²) >= 11 is 3.02. The predicted octanol–water partition coefficient (Wildman–Crippen LogP) is 1.42. The van der Waals surface area contributed by atoms with Crippen LogP contribution in [0, 0.1) is 10.1 Å². The Labute approximate surface area is 93.2 Å². The van der Waals surface area contributed by atoms with E-state index in [1.165, 1.54) is 13.1 Å². The van der Waals surface area contributed by atoms with Crippen LogP contribution < -0.4 is 5.32 Å². The minimum absolute atomic E-state index is 0.140. The summed E-state index contributed by atoms with van der Waals surface area (Å²) < 4.78 is 0.352.